The van der Waals surface area contributed by atoms with E-state index >= 15 is 0 Å². The number of aromatic amines is 1. The molecular formula is C22H27N3O5. The van der Waals surface area contributed by atoms with Crippen LogP contribution in [0.4, 0.5) is 4.79 Å². The smallest absolute Gasteiger partial charge is 0.411 e. The van der Waals surface area contributed by atoms with Gasteiger partial charge in [-0.1, -0.05) is 30.3 Å². The van der Waals surface area contributed by atoms with Gasteiger partial charge in [0.05, 0.1) is 13.7 Å². The number of ether oxygens (including phenoxy) is 2. The van der Waals surface area contributed by atoms with Crippen molar-refractivity contribution in [3.05, 3.63) is 59.4 Å². The SMILES string of the molecule is COC(=O)[C@H](Cc1ccccc1)NC(=O)[C@@H]1c2cc[nH]c2CN1C(=O)OC(C)(C)C. The van der Waals surface area contributed by atoms with Crippen LogP contribution >= 0.6 is 0 Å². The standard InChI is InChI=1S/C22H27N3O5/c1-22(2,3)30-21(28)25-13-17-15(10-11-23-17)18(25)19(26)24-16(20(27)29-4)12-14-8-6-5-7-9-14/h5-11,16,18,23H,12-13H2,1-4H3,(H,24,26)/t16-,18-/m0/s1. The molecule has 1 aliphatic rings. The Hall–Kier alpha value is -3.29. The molecule has 0 saturated heterocycles. The molecule has 2 amide bonds. The summed E-state index contributed by atoms with van der Waals surface area (Å²) in [7, 11) is 1.28. The number of nitrogens with one attached hydrogen (secondary N) is 2. The highest BCUT2D eigenvalue weighted by atomic mass is 16.6. The van der Waals surface area contributed by atoms with Crippen molar-refractivity contribution in [1.82, 2.24) is 15.2 Å². The average Bonchev–Trinajstić information content (AvgIpc) is 3.27. The molecule has 0 unspecified atom stereocenters. The average molecular weight is 413 g/mol. The fraction of sp³-hybridized carbons (Fsp3) is 0.409. The Kier molecular flexibility index (Phi) is 6.14. The van der Waals surface area contributed by atoms with Crippen LogP contribution in [0.5, 0.6) is 0 Å². The molecule has 2 aromatic rings. The maximum atomic E-state index is 13.2. The van der Waals surface area contributed by atoms with Crippen LogP contribution in [-0.4, -0.2) is 46.6 Å². The van der Waals surface area contributed by atoms with Crippen LogP contribution in [0.1, 0.15) is 43.6 Å². The van der Waals surface area contributed by atoms with Gasteiger partial charge in [-0.2, -0.15) is 0 Å². The van der Waals surface area contributed by atoms with E-state index in [0.29, 0.717) is 5.56 Å². The molecule has 160 valence electrons. The summed E-state index contributed by atoms with van der Waals surface area (Å²) < 4.78 is 10.4. The minimum absolute atomic E-state index is 0.219. The van der Waals surface area contributed by atoms with Gasteiger partial charge in [0, 0.05) is 23.9 Å². The van der Waals surface area contributed by atoms with Gasteiger partial charge in [-0.05, 0) is 32.4 Å². The van der Waals surface area contributed by atoms with Crippen molar-refractivity contribution < 1.29 is 23.9 Å². The molecule has 3 rings (SSSR count). The van der Waals surface area contributed by atoms with Crippen molar-refractivity contribution in [2.75, 3.05) is 7.11 Å². The third kappa shape index (κ3) is 4.82. The summed E-state index contributed by atoms with van der Waals surface area (Å²) in [5.41, 5.74) is 1.63. The normalized spacial score (nSPS) is 16.5. The predicted octanol–water partition coefficient (Wildman–Crippen LogP) is 2.71. The van der Waals surface area contributed by atoms with Crippen LogP contribution in [0, 0.1) is 0 Å². The zero-order valence-electron chi connectivity index (χ0n) is 17.6. The van der Waals surface area contributed by atoms with Crippen molar-refractivity contribution >= 4 is 18.0 Å². The minimum Gasteiger partial charge on any atom is -0.467 e. The molecule has 0 radical (unpaired) electrons. The number of amides is 2. The molecule has 2 N–H and O–H groups in total. The molecule has 2 atom stereocenters. The third-order valence-electron chi connectivity index (χ3n) is 4.76. The van der Waals surface area contributed by atoms with E-state index in [1.807, 2.05) is 30.3 Å². The number of carbonyl (C=O) groups excluding carboxylic acids is 3. The Labute approximate surface area is 175 Å². The van der Waals surface area contributed by atoms with E-state index in [-0.39, 0.29) is 13.0 Å². The van der Waals surface area contributed by atoms with Crippen molar-refractivity contribution in [3.8, 4) is 0 Å². The third-order valence-corrected chi connectivity index (χ3v) is 4.76. The number of esters is 1. The molecule has 0 fully saturated rings. The topological polar surface area (TPSA) is 101 Å². The first kappa shape index (κ1) is 21.4. The molecule has 2 heterocycles. The predicted molar refractivity (Wildman–Crippen MR) is 109 cm³/mol. The number of methoxy groups -OCH3 is 1. The summed E-state index contributed by atoms with van der Waals surface area (Å²) in [5.74, 6) is -1.02. The molecule has 8 heteroatoms. The Morgan fingerprint density at radius 2 is 1.90 bits per heavy atom. The van der Waals surface area contributed by atoms with Gasteiger partial charge in [-0.25, -0.2) is 9.59 Å². The van der Waals surface area contributed by atoms with Crippen LogP contribution in [-0.2, 0) is 32.0 Å². The lowest BCUT2D eigenvalue weighted by atomic mass is 10.0. The Balaban J connectivity index is 1.82. The minimum atomic E-state index is -0.899. The van der Waals surface area contributed by atoms with Gasteiger partial charge in [0.1, 0.15) is 17.7 Å². The highest BCUT2D eigenvalue weighted by Crippen LogP contribution is 2.34. The van der Waals surface area contributed by atoms with Gasteiger partial charge in [-0.15, -0.1) is 0 Å². The number of fused-ring (bicyclic) bond motifs is 1. The summed E-state index contributed by atoms with van der Waals surface area (Å²) in [6.07, 6.45) is 1.40. The molecular weight excluding hydrogens is 386 g/mol. The number of rotatable bonds is 5. The monoisotopic (exact) mass is 413 g/mol. The molecule has 30 heavy (non-hydrogen) atoms. The highest BCUT2D eigenvalue weighted by Gasteiger charge is 2.42. The highest BCUT2D eigenvalue weighted by molar-refractivity contribution is 5.91. The summed E-state index contributed by atoms with van der Waals surface area (Å²) in [6.45, 7) is 5.52. The fourth-order valence-electron chi connectivity index (χ4n) is 3.45. The number of nitrogens with zero attached hydrogens (tertiary/aromatic N) is 1. The maximum Gasteiger partial charge on any atom is 0.411 e. The van der Waals surface area contributed by atoms with Gasteiger partial charge in [0.15, 0.2) is 0 Å². The number of benzene rings is 1. The molecule has 8 nitrogen and oxygen atoms in total. The van der Waals surface area contributed by atoms with Gasteiger partial charge in [0.2, 0.25) is 5.91 Å². The number of hydrogen-bond donors (Lipinski definition) is 2. The summed E-state index contributed by atoms with van der Waals surface area (Å²) in [5, 5.41) is 2.76. The lowest BCUT2D eigenvalue weighted by molar-refractivity contribution is -0.145. The summed E-state index contributed by atoms with van der Waals surface area (Å²) in [4.78, 5) is 42.7. The van der Waals surface area contributed by atoms with Crippen LogP contribution in [0.15, 0.2) is 42.6 Å². The van der Waals surface area contributed by atoms with E-state index in [2.05, 4.69) is 10.3 Å². The first-order chi connectivity index (χ1) is 14.2. The van der Waals surface area contributed by atoms with Crippen LogP contribution < -0.4 is 5.32 Å². The lowest BCUT2D eigenvalue weighted by Crippen LogP contribution is -2.48. The first-order valence-corrected chi connectivity index (χ1v) is 9.77. The lowest BCUT2D eigenvalue weighted by Gasteiger charge is -2.29. The quantitative estimate of drug-likeness (QED) is 0.734. The molecule has 0 saturated carbocycles. The Morgan fingerprint density at radius 3 is 2.53 bits per heavy atom. The summed E-state index contributed by atoms with van der Waals surface area (Å²) in [6, 6.07) is 9.31. The van der Waals surface area contributed by atoms with Crippen molar-refractivity contribution in [1.29, 1.82) is 0 Å². The Morgan fingerprint density at radius 1 is 1.20 bits per heavy atom. The van der Waals surface area contributed by atoms with Gasteiger partial charge < -0.3 is 19.8 Å². The van der Waals surface area contributed by atoms with Crippen molar-refractivity contribution in [3.63, 3.8) is 0 Å². The summed E-state index contributed by atoms with van der Waals surface area (Å²) >= 11 is 0. The van der Waals surface area contributed by atoms with E-state index in [1.165, 1.54) is 12.0 Å². The Bertz CT molecular complexity index is 916. The first-order valence-electron chi connectivity index (χ1n) is 9.77. The van der Waals surface area contributed by atoms with Gasteiger partial charge in [0.25, 0.3) is 0 Å². The van der Waals surface area contributed by atoms with E-state index in [9.17, 15) is 14.4 Å². The van der Waals surface area contributed by atoms with E-state index < -0.39 is 35.7 Å². The van der Waals surface area contributed by atoms with Gasteiger partial charge >= 0.3 is 12.1 Å². The van der Waals surface area contributed by atoms with Crippen LogP contribution in [0.25, 0.3) is 0 Å². The maximum absolute atomic E-state index is 13.2. The molecule has 1 aromatic carbocycles. The number of H-pyrrole nitrogens is 1. The van der Waals surface area contributed by atoms with Crippen LogP contribution in [0.3, 0.4) is 0 Å². The number of carbonyl (C=O) groups is 3. The molecule has 0 spiro atoms. The second-order valence-corrected chi connectivity index (χ2v) is 8.20. The van der Waals surface area contributed by atoms with Crippen LogP contribution in [0.2, 0.25) is 0 Å². The molecule has 1 aliphatic heterocycles. The number of hydrogen-bond acceptors (Lipinski definition) is 5. The van der Waals surface area contributed by atoms with E-state index in [1.54, 1.807) is 33.0 Å². The second-order valence-electron chi connectivity index (χ2n) is 8.20. The molecule has 0 aliphatic carbocycles. The van der Waals surface area contributed by atoms with Gasteiger partial charge in [-0.3, -0.25) is 9.69 Å². The largest absolute Gasteiger partial charge is 0.467 e. The van der Waals surface area contributed by atoms with Crippen molar-refractivity contribution in [2.45, 2.75) is 51.4 Å². The second kappa shape index (κ2) is 8.61. The fourth-order valence-corrected chi connectivity index (χ4v) is 3.45. The zero-order chi connectivity index (χ0) is 21.9. The van der Waals surface area contributed by atoms with E-state index in [4.69, 9.17) is 9.47 Å². The van der Waals surface area contributed by atoms with E-state index in [0.717, 1.165) is 11.3 Å². The number of aromatic nitrogens is 1. The molecule has 1 aromatic heterocycles. The zero-order valence-corrected chi connectivity index (χ0v) is 17.6. The molecule has 0 bridgehead atoms. The van der Waals surface area contributed by atoms with Crippen molar-refractivity contribution in [2.24, 2.45) is 0 Å².